The molecular weight excluding hydrogens is 514 g/mol. The van der Waals surface area contributed by atoms with Gasteiger partial charge in [0.25, 0.3) is 0 Å². The summed E-state index contributed by atoms with van der Waals surface area (Å²) in [6.07, 6.45) is -0.376. The zero-order valence-corrected chi connectivity index (χ0v) is 21.6. The van der Waals surface area contributed by atoms with Crippen LogP contribution in [0, 0.1) is 13.8 Å². The predicted octanol–water partition coefficient (Wildman–Crippen LogP) is 3.83. The van der Waals surface area contributed by atoms with Gasteiger partial charge in [-0.15, -0.1) is 0 Å². The summed E-state index contributed by atoms with van der Waals surface area (Å²) in [4.78, 5) is 42.4. The van der Waals surface area contributed by atoms with Crippen LogP contribution in [0.5, 0.6) is 0 Å². The highest BCUT2D eigenvalue weighted by molar-refractivity contribution is 7.87. The number of carboxylic acids is 1. The Morgan fingerprint density at radius 2 is 1.39 bits per heavy atom. The number of para-hydroxylation sites is 2. The maximum atomic E-state index is 11.3. The number of carboxylic acid groups (broad SMARTS) is 1. The topological polar surface area (TPSA) is 179 Å². The lowest BCUT2D eigenvalue weighted by Crippen LogP contribution is -2.18. The number of rotatable bonds is 9. The van der Waals surface area contributed by atoms with Gasteiger partial charge in [-0.05, 0) is 49.7 Å². The summed E-state index contributed by atoms with van der Waals surface area (Å²) in [5.74, 6) is -2.34. The number of hydrogen-bond acceptors (Lipinski definition) is 6. The zero-order valence-electron chi connectivity index (χ0n) is 20.7. The fourth-order valence-corrected chi connectivity index (χ4v) is 3.31. The second-order valence-electron chi connectivity index (χ2n) is 7.72. The van der Waals surface area contributed by atoms with Crippen LogP contribution < -0.4 is 15.4 Å². The van der Waals surface area contributed by atoms with Gasteiger partial charge in [0.05, 0.1) is 12.1 Å². The van der Waals surface area contributed by atoms with Crippen LogP contribution in [0.25, 0.3) is 0 Å². The van der Waals surface area contributed by atoms with Crippen LogP contribution in [0.15, 0.2) is 78.9 Å². The summed E-state index contributed by atoms with van der Waals surface area (Å²) >= 11 is 0. The van der Waals surface area contributed by atoms with E-state index in [1.54, 1.807) is 49.4 Å². The molecule has 202 valence electrons. The zero-order chi connectivity index (χ0) is 28.6. The molecule has 3 rings (SSSR count). The standard InChI is InChI=1S/C11H11NO4.C8H11NO3S.C7H7NO/c13-9(7-11(15)16)6-10(14)12-8-4-2-1-3-5-8;1-6-3-4-8(7(2)5-6)9-13(10,11)12;9-6-8-7-4-2-1-3-5-7/h1-5H,6-7H2,(H,12,14)(H,15,16);3-5,9H,1-2H3,(H,10,11,12);1-6H,(H,8,9). The molecule has 0 saturated carbocycles. The van der Waals surface area contributed by atoms with Gasteiger partial charge in [0, 0.05) is 11.4 Å². The molecule has 0 radical (unpaired) electrons. The van der Waals surface area contributed by atoms with Gasteiger partial charge in [0.2, 0.25) is 12.3 Å². The number of aryl methyl sites for hydroxylation is 2. The summed E-state index contributed by atoms with van der Waals surface area (Å²) in [6.45, 7) is 3.67. The first-order valence-electron chi connectivity index (χ1n) is 11.1. The molecule has 3 aromatic carbocycles. The van der Waals surface area contributed by atoms with Crippen molar-refractivity contribution in [3.05, 3.63) is 90.0 Å². The van der Waals surface area contributed by atoms with E-state index in [0.29, 0.717) is 17.8 Å². The Kier molecular flexibility index (Phi) is 13.5. The van der Waals surface area contributed by atoms with Crippen molar-refractivity contribution in [3.63, 3.8) is 0 Å². The third kappa shape index (κ3) is 14.8. The minimum atomic E-state index is -4.16. The van der Waals surface area contributed by atoms with Crippen molar-refractivity contribution in [2.24, 2.45) is 0 Å². The lowest BCUT2D eigenvalue weighted by Gasteiger charge is -2.06. The van der Waals surface area contributed by atoms with E-state index in [1.165, 1.54) is 0 Å². The van der Waals surface area contributed by atoms with E-state index < -0.39 is 40.8 Å². The molecule has 3 aromatic rings. The molecule has 0 bridgehead atoms. The van der Waals surface area contributed by atoms with Crippen molar-refractivity contribution < 1.29 is 37.3 Å². The van der Waals surface area contributed by atoms with E-state index in [2.05, 4.69) is 10.6 Å². The number of aliphatic carboxylic acids is 1. The van der Waals surface area contributed by atoms with Gasteiger partial charge in [-0.2, -0.15) is 8.42 Å². The van der Waals surface area contributed by atoms with Crippen LogP contribution in [-0.2, 0) is 29.5 Å². The summed E-state index contributed by atoms with van der Waals surface area (Å²) in [6, 6.07) is 23.1. The monoisotopic (exact) mass is 543 g/mol. The molecule has 11 nitrogen and oxygen atoms in total. The highest BCUT2D eigenvalue weighted by atomic mass is 32.2. The van der Waals surface area contributed by atoms with Crippen molar-refractivity contribution in [2.45, 2.75) is 26.7 Å². The molecule has 0 atom stereocenters. The Morgan fingerprint density at radius 3 is 1.87 bits per heavy atom. The highest BCUT2D eigenvalue weighted by Crippen LogP contribution is 2.16. The lowest BCUT2D eigenvalue weighted by atomic mass is 10.1. The number of nitrogens with one attached hydrogen (secondary N) is 3. The molecule has 0 fully saturated rings. The molecule has 0 aliphatic rings. The lowest BCUT2D eigenvalue weighted by molar-refractivity contribution is -0.140. The first-order chi connectivity index (χ1) is 17.9. The van der Waals surface area contributed by atoms with Crippen LogP contribution in [0.2, 0.25) is 0 Å². The number of ketones is 1. The summed E-state index contributed by atoms with van der Waals surface area (Å²) in [5, 5.41) is 13.4. The molecule has 12 heteroatoms. The molecule has 0 aromatic heterocycles. The number of amides is 2. The van der Waals surface area contributed by atoms with Crippen LogP contribution >= 0.6 is 0 Å². The van der Waals surface area contributed by atoms with Crippen LogP contribution in [-0.4, -0.2) is 42.1 Å². The Labute approximate surface area is 220 Å². The SMILES string of the molecule is Cc1ccc(NS(=O)(=O)O)c(C)c1.O=C(O)CC(=O)CC(=O)Nc1ccccc1.O=CNc1ccccc1. The minimum absolute atomic E-state index is 0.396. The molecular formula is C26H29N3O8S. The molecule has 0 aliphatic heterocycles. The normalized spacial score (nSPS) is 9.87. The van der Waals surface area contributed by atoms with Crippen molar-refractivity contribution in [1.29, 1.82) is 0 Å². The quantitative estimate of drug-likeness (QED) is 0.153. The molecule has 0 saturated heterocycles. The Balaban J connectivity index is 0.000000296. The first kappa shape index (κ1) is 31.5. The Bertz CT molecular complexity index is 1310. The van der Waals surface area contributed by atoms with Crippen molar-refractivity contribution in [1.82, 2.24) is 0 Å². The number of hydrogen-bond donors (Lipinski definition) is 5. The average Bonchev–Trinajstić information content (AvgIpc) is 2.82. The summed E-state index contributed by atoms with van der Waals surface area (Å²) in [5.41, 5.74) is 3.62. The highest BCUT2D eigenvalue weighted by Gasteiger charge is 2.12. The fourth-order valence-electron chi connectivity index (χ4n) is 2.81. The van der Waals surface area contributed by atoms with Gasteiger partial charge in [-0.25, -0.2) is 0 Å². The van der Waals surface area contributed by atoms with E-state index in [9.17, 15) is 27.6 Å². The van der Waals surface area contributed by atoms with Gasteiger partial charge in [0.1, 0.15) is 6.42 Å². The first-order valence-corrected chi connectivity index (χ1v) is 12.5. The van der Waals surface area contributed by atoms with Gasteiger partial charge >= 0.3 is 16.3 Å². The van der Waals surface area contributed by atoms with Gasteiger partial charge < -0.3 is 15.7 Å². The molecule has 5 N–H and O–H groups in total. The molecule has 0 unspecified atom stereocenters. The van der Waals surface area contributed by atoms with E-state index in [4.69, 9.17) is 9.66 Å². The smallest absolute Gasteiger partial charge is 0.357 e. The maximum Gasteiger partial charge on any atom is 0.357 e. The van der Waals surface area contributed by atoms with Crippen LogP contribution in [0.3, 0.4) is 0 Å². The van der Waals surface area contributed by atoms with Gasteiger partial charge in [-0.3, -0.25) is 28.5 Å². The molecule has 0 aliphatic carbocycles. The number of Topliss-reactive ketones (excluding diaryl/α,β-unsaturated/α-hetero) is 1. The fraction of sp³-hybridized carbons (Fsp3) is 0.154. The molecule has 0 heterocycles. The van der Waals surface area contributed by atoms with Crippen LogP contribution in [0.4, 0.5) is 17.1 Å². The predicted molar refractivity (Wildman–Crippen MR) is 144 cm³/mol. The van der Waals surface area contributed by atoms with Crippen molar-refractivity contribution in [3.8, 4) is 0 Å². The number of carbonyl (C=O) groups is 4. The molecule has 2 amide bonds. The Morgan fingerprint density at radius 1 is 0.842 bits per heavy atom. The van der Waals surface area contributed by atoms with E-state index in [1.807, 2.05) is 48.0 Å². The van der Waals surface area contributed by atoms with Gasteiger partial charge in [0.15, 0.2) is 5.78 Å². The molecule has 0 spiro atoms. The van der Waals surface area contributed by atoms with Gasteiger partial charge in [-0.1, -0.05) is 54.1 Å². The second-order valence-corrected chi connectivity index (χ2v) is 8.88. The third-order valence-corrected chi connectivity index (χ3v) is 4.86. The largest absolute Gasteiger partial charge is 0.481 e. The summed E-state index contributed by atoms with van der Waals surface area (Å²) in [7, 11) is -4.16. The summed E-state index contributed by atoms with van der Waals surface area (Å²) < 4.78 is 31.5. The second kappa shape index (κ2) is 16.2. The van der Waals surface area contributed by atoms with E-state index in [0.717, 1.165) is 16.8 Å². The number of carbonyl (C=O) groups excluding carboxylic acids is 3. The number of benzene rings is 3. The maximum absolute atomic E-state index is 11.3. The van der Waals surface area contributed by atoms with E-state index >= 15 is 0 Å². The Hall–Kier alpha value is -4.55. The minimum Gasteiger partial charge on any atom is -0.481 e. The number of anilines is 3. The van der Waals surface area contributed by atoms with E-state index in [-0.39, 0.29) is 0 Å². The third-order valence-electron chi connectivity index (χ3n) is 4.38. The van der Waals surface area contributed by atoms with Crippen molar-refractivity contribution in [2.75, 3.05) is 15.4 Å². The van der Waals surface area contributed by atoms with Crippen molar-refractivity contribution >= 4 is 51.4 Å². The molecule has 38 heavy (non-hydrogen) atoms. The van der Waals surface area contributed by atoms with Crippen LogP contribution in [0.1, 0.15) is 24.0 Å². The average molecular weight is 544 g/mol.